The second kappa shape index (κ2) is 5.49. The van der Waals surface area contributed by atoms with Gasteiger partial charge in [0.1, 0.15) is 0 Å². The summed E-state index contributed by atoms with van der Waals surface area (Å²) in [4.78, 5) is 0. The highest BCUT2D eigenvalue weighted by Crippen LogP contribution is 2.24. The van der Waals surface area contributed by atoms with E-state index in [1.54, 1.807) is 0 Å². The molecule has 0 aliphatic rings. The van der Waals surface area contributed by atoms with Crippen molar-refractivity contribution in [3.63, 3.8) is 0 Å². The number of benzene rings is 2. The van der Waals surface area contributed by atoms with Gasteiger partial charge in [0.25, 0.3) is 0 Å². The van der Waals surface area contributed by atoms with E-state index >= 15 is 0 Å². The Morgan fingerprint density at radius 2 is 1.65 bits per heavy atom. The molecular formula is C17H18. The van der Waals surface area contributed by atoms with Gasteiger partial charge in [0.2, 0.25) is 0 Å². The number of rotatable bonds is 3. The van der Waals surface area contributed by atoms with Crippen molar-refractivity contribution in [1.29, 1.82) is 0 Å². The predicted octanol–water partition coefficient (Wildman–Crippen LogP) is 4.84. The third kappa shape index (κ3) is 2.85. The van der Waals surface area contributed by atoms with Crippen LogP contribution in [0.1, 0.15) is 30.0 Å². The van der Waals surface area contributed by atoms with Gasteiger partial charge in [0.05, 0.1) is 0 Å². The molecule has 0 amide bonds. The summed E-state index contributed by atoms with van der Waals surface area (Å²) in [7, 11) is 0. The van der Waals surface area contributed by atoms with Crippen LogP contribution in [-0.4, -0.2) is 0 Å². The van der Waals surface area contributed by atoms with Crippen LogP contribution in [0.25, 0.3) is 5.57 Å². The van der Waals surface area contributed by atoms with Crippen molar-refractivity contribution in [2.45, 2.75) is 20.3 Å². The topological polar surface area (TPSA) is 0 Å². The highest BCUT2D eigenvalue weighted by atomic mass is 14.1. The fourth-order valence-corrected chi connectivity index (χ4v) is 2.04. The van der Waals surface area contributed by atoms with E-state index in [1.165, 1.54) is 22.3 Å². The van der Waals surface area contributed by atoms with Crippen LogP contribution in [0.4, 0.5) is 0 Å². The average Bonchev–Trinajstić information content (AvgIpc) is 2.37. The number of hydrogen-bond acceptors (Lipinski definition) is 0. The normalized spacial score (nSPS) is 11.5. The summed E-state index contributed by atoms with van der Waals surface area (Å²) in [6, 6.07) is 19.3. The molecule has 0 nitrogen and oxygen atoms in total. The largest absolute Gasteiger partial charge is 0.0763 e. The summed E-state index contributed by atoms with van der Waals surface area (Å²) >= 11 is 0. The van der Waals surface area contributed by atoms with Crippen LogP contribution in [0.3, 0.4) is 0 Å². The first-order chi connectivity index (χ1) is 8.31. The van der Waals surface area contributed by atoms with Crippen molar-refractivity contribution in [2.24, 2.45) is 0 Å². The molecule has 0 atom stereocenters. The molecule has 0 heterocycles. The molecule has 0 aliphatic carbocycles. The molecule has 0 bridgehead atoms. The average molecular weight is 222 g/mol. The van der Waals surface area contributed by atoms with E-state index < -0.39 is 0 Å². The van der Waals surface area contributed by atoms with Crippen molar-refractivity contribution in [2.75, 3.05) is 0 Å². The maximum atomic E-state index is 2.30. The Balaban J connectivity index is 2.47. The van der Waals surface area contributed by atoms with Gasteiger partial charge in [-0.05, 0) is 30.0 Å². The van der Waals surface area contributed by atoms with Gasteiger partial charge in [-0.1, -0.05) is 73.2 Å². The number of aryl methyl sites for hydroxylation is 1. The molecule has 0 spiro atoms. The quantitative estimate of drug-likeness (QED) is 0.697. The smallest absolute Gasteiger partial charge is 0.0151 e. The second-order valence-corrected chi connectivity index (χ2v) is 4.26. The molecule has 17 heavy (non-hydrogen) atoms. The third-order valence-electron chi connectivity index (χ3n) is 2.82. The Labute approximate surface area is 104 Å². The fraction of sp³-hybridized carbons (Fsp3) is 0.176. The van der Waals surface area contributed by atoms with Crippen LogP contribution in [0.15, 0.2) is 60.7 Å². The minimum Gasteiger partial charge on any atom is -0.0763 e. The van der Waals surface area contributed by atoms with Crippen molar-refractivity contribution >= 4 is 5.57 Å². The highest BCUT2D eigenvalue weighted by Gasteiger charge is 2.03. The SMILES string of the molecule is CCC=C(c1ccccc1)c1cccc(C)c1. The van der Waals surface area contributed by atoms with E-state index in [2.05, 4.69) is 74.5 Å². The van der Waals surface area contributed by atoms with Crippen LogP contribution in [-0.2, 0) is 0 Å². The summed E-state index contributed by atoms with van der Waals surface area (Å²) in [6.07, 6.45) is 3.35. The van der Waals surface area contributed by atoms with Gasteiger partial charge < -0.3 is 0 Å². The predicted molar refractivity (Wildman–Crippen MR) is 75.0 cm³/mol. The van der Waals surface area contributed by atoms with Crippen LogP contribution in [0.5, 0.6) is 0 Å². The van der Waals surface area contributed by atoms with Crippen molar-refractivity contribution in [3.8, 4) is 0 Å². The zero-order valence-corrected chi connectivity index (χ0v) is 10.5. The van der Waals surface area contributed by atoms with Crippen LogP contribution in [0, 0.1) is 6.92 Å². The number of allylic oxidation sites excluding steroid dienone is 1. The molecule has 0 fully saturated rings. The van der Waals surface area contributed by atoms with Crippen LogP contribution in [0.2, 0.25) is 0 Å². The lowest BCUT2D eigenvalue weighted by atomic mass is 9.96. The van der Waals surface area contributed by atoms with Gasteiger partial charge >= 0.3 is 0 Å². The van der Waals surface area contributed by atoms with E-state index in [4.69, 9.17) is 0 Å². The molecule has 0 unspecified atom stereocenters. The standard InChI is InChI=1S/C17H18/c1-3-8-17(15-10-5-4-6-11-15)16-12-7-9-14(2)13-16/h4-13H,3H2,1-2H3. The van der Waals surface area contributed by atoms with Crippen molar-refractivity contribution in [1.82, 2.24) is 0 Å². The Hall–Kier alpha value is -1.82. The van der Waals surface area contributed by atoms with Gasteiger partial charge in [-0.25, -0.2) is 0 Å². The highest BCUT2D eigenvalue weighted by molar-refractivity contribution is 5.79. The first-order valence-electron chi connectivity index (χ1n) is 6.14. The Kier molecular flexibility index (Phi) is 3.77. The fourth-order valence-electron chi connectivity index (χ4n) is 2.04. The summed E-state index contributed by atoms with van der Waals surface area (Å²) in [6.45, 7) is 4.32. The maximum Gasteiger partial charge on any atom is -0.0151 e. The molecule has 0 saturated carbocycles. The summed E-state index contributed by atoms with van der Waals surface area (Å²) in [5.41, 5.74) is 5.23. The molecule has 0 saturated heterocycles. The minimum atomic E-state index is 1.05. The van der Waals surface area contributed by atoms with Crippen LogP contribution < -0.4 is 0 Å². The molecule has 0 aromatic heterocycles. The lowest BCUT2D eigenvalue weighted by Crippen LogP contribution is -1.88. The molecule has 2 rings (SSSR count). The van der Waals surface area contributed by atoms with Gasteiger partial charge in [0, 0.05) is 0 Å². The van der Waals surface area contributed by atoms with E-state index in [9.17, 15) is 0 Å². The monoisotopic (exact) mass is 222 g/mol. The molecule has 0 N–H and O–H groups in total. The Morgan fingerprint density at radius 3 is 2.29 bits per heavy atom. The van der Waals surface area contributed by atoms with Gasteiger partial charge in [-0.15, -0.1) is 0 Å². The van der Waals surface area contributed by atoms with E-state index in [-0.39, 0.29) is 0 Å². The molecule has 86 valence electrons. The third-order valence-corrected chi connectivity index (χ3v) is 2.82. The van der Waals surface area contributed by atoms with E-state index in [0.717, 1.165) is 6.42 Å². The van der Waals surface area contributed by atoms with Gasteiger partial charge in [-0.3, -0.25) is 0 Å². The van der Waals surface area contributed by atoms with Crippen molar-refractivity contribution < 1.29 is 0 Å². The van der Waals surface area contributed by atoms with Crippen LogP contribution >= 0.6 is 0 Å². The summed E-state index contributed by atoms with van der Waals surface area (Å²) in [5.74, 6) is 0. The summed E-state index contributed by atoms with van der Waals surface area (Å²) in [5, 5.41) is 0. The summed E-state index contributed by atoms with van der Waals surface area (Å²) < 4.78 is 0. The molecule has 0 aliphatic heterocycles. The van der Waals surface area contributed by atoms with E-state index in [0.29, 0.717) is 0 Å². The van der Waals surface area contributed by atoms with E-state index in [1.807, 2.05) is 0 Å². The zero-order valence-electron chi connectivity index (χ0n) is 10.5. The van der Waals surface area contributed by atoms with Gasteiger partial charge in [0.15, 0.2) is 0 Å². The van der Waals surface area contributed by atoms with Gasteiger partial charge in [-0.2, -0.15) is 0 Å². The maximum absolute atomic E-state index is 2.30. The Morgan fingerprint density at radius 1 is 0.941 bits per heavy atom. The first kappa shape index (κ1) is 11.7. The lowest BCUT2D eigenvalue weighted by molar-refractivity contribution is 1.22. The Bertz CT molecular complexity index is 507. The second-order valence-electron chi connectivity index (χ2n) is 4.26. The molecular weight excluding hydrogens is 204 g/mol. The molecule has 2 aromatic rings. The zero-order chi connectivity index (χ0) is 12.1. The van der Waals surface area contributed by atoms with Crippen molar-refractivity contribution in [3.05, 3.63) is 77.4 Å². The molecule has 0 radical (unpaired) electrons. The number of hydrogen-bond donors (Lipinski definition) is 0. The lowest BCUT2D eigenvalue weighted by Gasteiger charge is -2.09. The molecule has 2 aromatic carbocycles. The first-order valence-corrected chi connectivity index (χ1v) is 6.14. The minimum absolute atomic E-state index is 1.05. The molecule has 0 heteroatoms.